The van der Waals surface area contributed by atoms with Gasteiger partial charge in [-0.1, -0.05) is 24.1 Å². The Kier molecular flexibility index (Phi) is 5.07. The van der Waals surface area contributed by atoms with E-state index in [-0.39, 0.29) is 12.1 Å². The van der Waals surface area contributed by atoms with E-state index >= 15 is 0 Å². The van der Waals surface area contributed by atoms with Crippen LogP contribution in [0, 0.1) is 11.8 Å². The van der Waals surface area contributed by atoms with Crippen LogP contribution in [0.1, 0.15) is 67.5 Å². The van der Waals surface area contributed by atoms with Gasteiger partial charge in [0.15, 0.2) is 0 Å². The van der Waals surface area contributed by atoms with E-state index in [1.165, 1.54) is 22.3 Å². The minimum atomic E-state index is 0.117. The molecule has 142 valence electrons. The van der Waals surface area contributed by atoms with Crippen molar-refractivity contribution in [3.05, 3.63) is 70.4 Å². The Morgan fingerprint density at radius 1 is 1.21 bits per heavy atom. The third-order valence-electron chi connectivity index (χ3n) is 5.33. The van der Waals surface area contributed by atoms with Gasteiger partial charge in [-0.15, -0.1) is 5.92 Å². The number of benzene rings is 2. The van der Waals surface area contributed by atoms with Crippen LogP contribution in [0.4, 0.5) is 0 Å². The van der Waals surface area contributed by atoms with Crippen LogP contribution >= 0.6 is 0 Å². The van der Waals surface area contributed by atoms with Gasteiger partial charge in [-0.3, -0.25) is 4.99 Å². The molecule has 0 fully saturated rings. The fraction of sp³-hybridized carbons (Fsp3) is 0.320. The molecule has 28 heavy (non-hydrogen) atoms. The van der Waals surface area contributed by atoms with E-state index in [1.54, 1.807) is 0 Å². The third-order valence-corrected chi connectivity index (χ3v) is 5.33. The summed E-state index contributed by atoms with van der Waals surface area (Å²) in [6.07, 6.45) is 5.04. The van der Waals surface area contributed by atoms with Crippen LogP contribution in [0.5, 0.6) is 5.75 Å². The third kappa shape index (κ3) is 3.48. The normalized spacial score (nSPS) is 17.7. The molecule has 0 bridgehead atoms. The monoisotopic (exact) mass is 370 g/mol. The number of hydrogen-bond acceptors (Lipinski definition) is 3. The lowest BCUT2D eigenvalue weighted by Crippen LogP contribution is -2.08. The molecule has 2 aromatic carbocycles. The summed E-state index contributed by atoms with van der Waals surface area (Å²) in [6.45, 7) is 5.90. The Bertz CT molecular complexity index is 1030. The van der Waals surface area contributed by atoms with Gasteiger partial charge in [0, 0.05) is 18.7 Å². The molecule has 0 amide bonds. The summed E-state index contributed by atoms with van der Waals surface area (Å²) in [6, 6.07) is 12.8. The van der Waals surface area contributed by atoms with Gasteiger partial charge in [-0.05, 0) is 79.6 Å². The highest BCUT2D eigenvalue weighted by Crippen LogP contribution is 2.37. The smallest absolute Gasteiger partial charge is 0.135 e. The van der Waals surface area contributed by atoms with Crippen molar-refractivity contribution in [3.63, 3.8) is 0 Å². The molecule has 0 saturated carbocycles. The second-order valence-electron chi connectivity index (χ2n) is 7.68. The summed E-state index contributed by atoms with van der Waals surface area (Å²) in [7, 11) is 0. The van der Waals surface area contributed by atoms with E-state index < -0.39 is 0 Å². The van der Waals surface area contributed by atoms with Gasteiger partial charge < -0.3 is 10.5 Å². The van der Waals surface area contributed by atoms with Crippen molar-refractivity contribution < 1.29 is 4.74 Å². The minimum absolute atomic E-state index is 0.117. The second kappa shape index (κ2) is 7.66. The van der Waals surface area contributed by atoms with Crippen molar-refractivity contribution in [1.29, 1.82) is 0 Å². The lowest BCUT2D eigenvalue weighted by atomic mass is 9.93. The summed E-state index contributed by atoms with van der Waals surface area (Å²) in [5.41, 5.74) is 14.6. The van der Waals surface area contributed by atoms with Crippen LogP contribution in [-0.4, -0.2) is 11.8 Å². The molecular weight excluding hydrogens is 344 g/mol. The van der Waals surface area contributed by atoms with Crippen LogP contribution in [0.15, 0.2) is 47.6 Å². The van der Waals surface area contributed by atoms with E-state index in [2.05, 4.69) is 42.2 Å². The number of nitrogens with two attached hydrogens (primary N) is 1. The van der Waals surface area contributed by atoms with Crippen molar-refractivity contribution in [2.75, 3.05) is 0 Å². The molecule has 1 heterocycles. The van der Waals surface area contributed by atoms with Gasteiger partial charge >= 0.3 is 0 Å². The molecule has 3 heteroatoms. The molecule has 1 aliphatic heterocycles. The fourth-order valence-electron chi connectivity index (χ4n) is 4.05. The Hall–Kier alpha value is -2.83. The Labute approximate surface area is 167 Å². The van der Waals surface area contributed by atoms with Crippen molar-refractivity contribution in [2.24, 2.45) is 10.7 Å². The van der Waals surface area contributed by atoms with Gasteiger partial charge in [0.25, 0.3) is 0 Å². The highest BCUT2D eigenvalue weighted by atomic mass is 16.5. The molecule has 2 aromatic rings. The summed E-state index contributed by atoms with van der Waals surface area (Å²) in [4.78, 5) is 4.73. The summed E-state index contributed by atoms with van der Waals surface area (Å²) in [5.74, 6) is 6.98. The zero-order valence-corrected chi connectivity index (χ0v) is 16.8. The predicted octanol–water partition coefficient (Wildman–Crippen LogP) is 5.03. The van der Waals surface area contributed by atoms with Gasteiger partial charge in [-0.2, -0.15) is 0 Å². The van der Waals surface area contributed by atoms with Crippen molar-refractivity contribution in [2.45, 2.75) is 52.2 Å². The Morgan fingerprint density at radius 3 is 2.86 bits per heavy atom. The molecule has 2 aliphatic rings. The molecule has 4 rings (SSSR count). The minimum Gasteiger partial charge on any atom is -0.490 e. The first kappa shape index (κ1) is 18.5. The zero-order valence-electron chi connectivity index (χ0n) is 16.8. The highest BCUT2D eigenvalue weighted by Gasteiger charge is 2.24. The SMILES string of the molecule is CC#Cc1cc(C2=NC=C(c3cccc4c3CCC4N)C2)ccc1OC(C)C. The van der Waals surface area contributed by atoms with Gasteiger partial charge in [0.05, 0.1) is 17.4 Å². The first-order chi connectivity index (χ1) is 13.6. The molecule has 1 unspecified atom stereocenters. The average Bonchev–Trinajstić information content (AvgIpc) is 3.30. The second-order valence-corrected chi connectivity index (χ2v) is 7.68. The van der Waals surface area contributed by atoms with Crippen molar-refractivity contribution in [3.8, 4) is 17.6 Å². The number of rotatable bonds is 4. The van der Waals surface area contributed by atoms with Crippen molar-refractivity contribution >= 4 is 11.3 Å². The molecule has 1 aliphatic carbocycles. The van der Waals surface area contributed by atoms with E-state index in [9.17, 15) is 0 Å². The topological polar surface area (TPSA) is 47.6 Å². The molecule has 0 spiro atoms. The van der Waals surface area contributed by atoms with Crippen LogP contribution in [0.2, 0.25) is 0 Å². The van der Waals surface area contributed by atoms with E-state index in [1.807, 2.05) is 33.0 Å². The molecule has 0 saturated heterocycles. The van der Waals surface area contributed by atoms with E-state index in [4.69, 9.17) is 15.5 Å². The number of aliphatic imine (C=N–C) groups is 1. The van der Waals surface area contributed by atoms with Crippen LogP contribution in [-0.2, 0) is 6.42 Å². The maximum atomic E-state index is 6.25. The number of ether oxygens (including phenoxy) is 1. The number of hydrogen-bond donors (Lipinski definition) is 1. The quantitative estimate of drug-likeness (QED) is 0.768. The predicted molar refractivity (Wildman–Crippen MR) is 116 cm³/mol. The summed E-state index contributed by atoms with van der Waals surface area (Å²) < 4.78 is 5.90. The molecule has 0 aromatic heterocycles. The van der Waals surface area contributed by atoms with Gasteiger partial charge in [0.2, 0.25) is 0 Å². The van der Waals surface area contributed by atoms with Gasteiger partial charge in [-0.25, -0.2) is 0 Å². The first-order valence-electron chi connectivity index (χ1n) is 9.94. The first-order valence-corrected chi connectivity index (χ1v) is 9.94. The molecular formula is C25H26N2O. The molecule has 1 atom stereocenters. The average molecular weight is 370 g/mol. The molecule has 0 radical (unpaired) electrons. The van der Waals surface area contributed by atoms with Gasteiger partial charge in [0.1, 0.15) is 5.75 Å². The zero-order chi connectivity index (χ0) is 19.7. The number of nitrogens with zero attached hydrogens (tertiary/aromatic N) is 1. The maximum Gasteiger partial charge on any atom is 0.135 e. The number of fused-ring (bicyclic) bond motifs is 1. The van der Waals surface area contributed by atoms with Crippen LogP contribution in [0.25, 0.3) is 5.57 Å². The fourth-order valence-corrected chi connectivity index (χ4v) is 4.05. The molecule has 2 N–H and O–H groups in total. The van der Waals surface area contributed by atoms with Crippen LogP contribution < -0.4 is 10.5 Å². The number of allylic oxidation sites excluding steroid dienone is 1. The summed E-state index contributed by atoms with van der Waals surface area (Å²) in [5, 5.41) is 0. The lowest BCUT2D eigenvalue weighted by molar-refractivity contribution is 0.242. The van der Waals surface area contributed by atoms with Crippen molar-refractivity contribution in [1.82, 2.24) is 0 Å². The Morgan fingerprint density at radius 2 is 2.07 bits per heavy atom. The van der Waals surface area contributed by atoms with E-state index in [0.29, 0.717) is 0 Å². The largest absolute Gasteiger partial charge is 0.490 e. The summed E-state index contributed by atoms with van der Waals surface area (Å²) >= 11 is 0. The molecule has 3 nitrogen and oxygen atoms in total. The van der Waals surface area contributed by atoms with Crippen LogP contribution in [0.3, 0.4) is 0 Å². The Balaban J connectivity index is 1.59. The van der Waals surface area contributed by atoms with E-state index in [0.717, 1.165) is 41.9 Å². The highest BCUT2D eigenvalue weighted by molar-refractivity contribution is 6.09. The maximum absolute atomic E-state index is 6.25. The standard InChI is InChI=1S/C25H26N2O/c1-4-6-18-13-17(9-12-25(18)28-16(2)3)24-14-19(15-27-24)20-7-5-8-22-21(20)10-11-23(22)26/h5,7-9,12-13,15-16,23H,10-11,14,26H2,1-3H3. The lowest BCUT2D eigenvalue weighted by Gasteiger charge is -2.13.